The summed E-state index contributed by atoms with van der Waals surface area (Å²) in [6.45, 7) is 7.26. The average molecular weight is 394 g/mol. The third-order valence-electron chi connectivity index (χ3n) is 5.14. The van der Waals surface area contributed by atoms with Gasteiger partial charge in [-0.2, -0.15) is 0 Å². The summed E-state index contributed by atoms with van der Waals surface area (Å²) in [7, 11) is 0. The van der Waals surface area contributed by atoms with Gasteiger partial charge in [0.1, 0.15) is 12.4 Å². The summed E-state index contributed by atoms with van der Waals surface area (Å²) < 4.78 is 6.00. The van der Waals surface area contributed by atoms with Gasteiger partial charge < -0.3 is 4.74 Å². The molecule has 2 aromatic carbocycles. The lowest BCUT2D eigenvalue weighted by molar-refractivity contribution is 0.306. The Morgan fingerprint density at radius 2 is 1.57 bits per heavy atom. The second kappa shape index (κ2) is 10.4. The lowest BCUT2D eigenvalue weighted by Gasteiger charge is -2.16. The zero-order valence-corrected chi connectivity index (χ0v) is 18.1. The van der Waals surface area contributed by atoms with Crippen molar-refractivity contribution in [2.24, 2.45) is 0 Å². The van der Waals surface area contributed by atoms with Crippen molar-refractivity contribution in [1.29, 1.82) is 0 Å². The summed E-state index contributed by atoms with van der Waals surface area (Å²) in [5, 5.41) is 3.32. The second-order valence-corrected chi connectivity index (χ2v) is 8.25. The highest BCUT2D eigenvalue weighted by molar-refractivity contribution is 7.09. The molecule has 0 aliphatic carbocycles. The van der Waals surface area contributed by atoms with Gasteiger partial charge in [-0.1, -0.05) is 70.0 Å². The van der Waals surface area contributed by atoms with Crippen LogP contribution in [0.25, 0.3) is 11.3 Å². The van der Waals surface area contributed by atoms with E-state index in [0.717, 1.165) is 17.9 Å². The van der Waals surface area contributed by atoms with Gasteiger partial charge in [-0.3, -0.25) is 0 Å². The fourth-order valence-corrected chi connectivity index (χ4v) is 4.31. The van der Waals surface area contributed by atoms with Crippen molar-refractivity contribution < 1.29 is 4.74 Å². The Hall–Kier alpha value is -2.13. The number of benzene rings is 2. The monoisotopic (exact) mass is 393 g/mol. The molecule has 28 heavy (non-hydrogen) atoms. The molecule has 3 heteroatoms. The molecule has 1 aromatic heterocycles. The van der Waals surface area contributed by atoms with Gasteiger partial charge in [-0.15, -0.1) is 11.3 Å². The van der Waals surface area contributed by atoms with Crippen LogP contribution in [0.3, 0.4) is 0 Å². The zero-order valence-electron chi connectivity index (χ0n) is 17.3. The number of hydrogen-bond acceptors (Lipinski definition) is 3. The topological polar surface area (TPSA) is 22.1 Å². The minimum atomic E-state index is 0.588. The van der Waals surface area contributed by atoms with Crippen LogP contribution < -0.4 is 4.74 Å². The van der Waals surface area contributed by atoms with Gasteiger partial charge in [0.15, 0.2) is 0 Å². The number of ether oxygens (including phenoxy) is 1. The fraction of sp³-hybridized carbons (Fsp3) is 0.400. The summed E-state index contributed by atoms with van der Waals surface area (Å²) >= 11 is 1.73. The van der Waals surface area contributed by atoms with Crippen molar-refractivity contribution in [1.82, 2.24) is 4.98 Å². The highest BCUT2D eigenvalue weighted by atomic mass is 32.1. The van der Waals surface area contributed by atoms with Gasteiger partial charge in [0.2, 0.25) is 0 Å². The van der Waals surface area contributed by atoms with Crippen LogP contribution in [0.4, 0.5) is 0 Å². The van der Waals surface area contributed by atoms with Crippen molar-refractivity contribution in [2.75, 3.05) is 0 Å². The van der Waals surface area contributed by atoms with Gasteiger partial charge in [0.05, 0.1) is 10.7 Å². The van der Waals surface area contributed by atoms with E-state index in [1.807, 2.05) is 0 Å². The van der Waals surface area contributed by atoms with Crippen LogP contribution in [0, 0.1) is 0 Å². The maximum absolute atomic E-state index is 6.00. The van der Waals surface area contributed by atoms with Crippen molar-refractivity contribution in [3.8, 4) is 17.0 Å². The first kappa shape index (κ1) is 20.6. The quantitative estimate of drug-likeness (QED) is 0.353. The molecule has 0 radical (unpaired) electrons. The van der Waals surface area contributed by atoms with E-state index < -0.39 is 0 Å². The van der Waals surface area contributed by atoms with Crippen molar-refractivity contribution in [3.63, 3.8) is 0 Å². The van der Waals surface area contributed by atoms with Crippen LogP contribution in [-0.4, -0.2) is 4.98 Å². The third kappa shape index (κ3) is 5.45. The molecule has 0 atom stereocenters. The Labute approximate surface area is 173 Å². The number of thiazole rings is 1. The molecule has 0 aliphatic heterocycles. The summed E-state index contributed by atoms with van der Waals surface area (Å²) in [5.74, 6) is 1.61. The lowest BCUT2D eigenvalue weighted by atomic mass is 9.90. The molecule has 0 fully saturated rings. The highest BCUT2D eigenvalue weighted by Gasteiger charge is 2.10. The van der Waals surface area contributed by atoms with Crippen molar-refractivity contribution in [2.45, 2.75) is 65.4 Å². The van der Waals surface area contributed by atoms with Gasteiger partial charge in [0, 0.05) is 10.9 Å². The maximum atomic E-state index is 6.00. The molecule has 0 unspecified atom stereocenters. The van der Waals surface area contributed by atoms with E-state index in [-0.39, 0.29) is 0 Å². The van der Waals surface area contributed by atoms with Crippen molar-refractivity contribution in [3.05, 3.63) is 70.0 Å². The predicted octanol–water partition coefficient (Wildman–Crippen LogP) is 7.64. The van der Waals surface area contributed by atoms with E-state index in [9.17, 15) is 0 Å². The molecule has 0 N–H and O–H groups in total. The molecule has 0 bridgehead atoms. The summed E-state index contributed by atoms with van der Waals surface area (Å²) in [5.41, 5.74) is 4.85. The first-order valence-electron chi connectivity index (χ1n) is 10.5. The van der Waals surface area contributed by atoms with Gasteiger partial charge in [0.25, 0.3) is 0 Å². The Morgan fingerprint density at radius 3 is 2.14 bits per heavy atom. The van der Waals surface area contributed by atoms with Crippen LogP contribution >= 0.6 is 11.3 Å². The molecule has 148 valence electrons. The van der Waals surface area contributed by atoms with Crippen molar-refractivity contribution >= 4 is 11.3 Å². The molecule has 0 spiro atoms. The lowest BCUT2D eigenvalue weighted by Crippen LogP contribution is -1.99. The van der Waals surface area contributed by atoms with E-state index in [0.29, 0.717) is 12.5 Å². The Balaban J connectivity index is 1.57. The minimum absolute atomic E-state index is 0.588. The Morgan fingerprint density at radius 1 is 0.893 bits per heavy atom. The molecule has 0 saturated carbocycles. The molecule has 0 amide bonds. The molecule has 2 nitrogen and oxygen atoms in total. The second-order valence-electron chi connectivity index (χ2n) is 7.31. The number of nitrogens with zero attached hydrogens (tertiary/aromatic N) is 1. The fourth-order valence-electron chi connectivity index (χ4n) is 3.56. The van der Waals surface area contributed by atoms with Crippen LogP contribution in [0.1, 0.15) is 68.5 Å². The first-order valence-corrected chi connectivity index (χ1v) is 11.4. The highest BCUT2D eigenvalue weighted by Crippen LogP contribution is 2.28. The first-order chi connectivity index (χ1) is 13.7. The van der Waals surface area contributed by atoms with Crippen LogP contribution in [0.5, 0.6) is 5.75 Å². The molecule has 1 heterocycles. The Bertz CT molecular complexity index is 830. The van der Waals surface area contributed by atoms with E-state index in [2.05, 4.69) is 79.7 Å². The largest absolute Gasteiger partial charge is 0.489 e. The van der Waals surface area contributed by atoms with E-state index in [1.54, 1.807) is 11.3 Å². The molecular weight excluding hydrogens is 362 g/mol. The third-order valence-corrected chi connectivity index (χ3v) is 6.13. The summed E-state index contributed by atoms with van der Waals surface area (Å²) in [6, 6.07) is 17.2. The smallest absolute Gasteiger partial charge is 0.119 e. The van der Waals surface area contributed by atoms with E-state index in [4.69, 9.17) is 4.74 Å². The minimum Gasteiger partial charge on any atom is -0.489 e. The standard InChI is InChI=1S/C25H31NOS/c1-4-7-20(8-5-2)21-13-15-23(16-14-21)27-17-19-9-11-22(12-10-19)24-18-28-25(6-3)26-24/h9-16,18,20H,4-8,17H2,1-3H3. The summed E-state index contributed by atoms with van der Waals surface area (Å²) in [6.07, 6.45) is 5.99. The summed E-state index contributed by atoms with van der Waals surface area (Å²) in [4.78, 5) is 4.66. The molecule has 0 aliphatic rings. The molecule has 3 aromatic rings. The van der Waals surface area contributed by atoms with Crippen LogP contribution in [0.15, 0.2) is 53.9 Å². The number of aryl methyl sites for hydroxylation is 1. The molecule has 0 saturated heterocycles. The average Bonchev–Trinajstić information content (AvgIpc) is 3.22. The zero-order chi connectivity index (χ0) is 19.8. The normalized spacial score (nSPS) is 11.1. The SMILES string of the molecule is CCCC(CCC)c1ccc(OCc2ccc(-c3csc(CC)n3)cc2)cc1. The van der Waals surface area contributed by atoms with Gasteiger partial charge >= 0.3 is 0 Å². The molecular formula is C25H31NOS. The van der Waals surface area contributed by atoms with E-state index in [1.165, 1.54) is 47.4 Å². The van der Waals surface area contributed by atoms with E-state index >= 15 is 0 Å². The van der Waals surface area contributed by atoms with Crippen LogP contribution in [0.2, 0.25) is 0 Å². The van der Waals surface area contributed by atoms with Gasteiger partial charge in [-0.25, -0.2) is 4.98 Å². The maximum Gasteiger partial charge on any atom is 0.119 e. The van der Waals surface area contributed by atoms with Gasteiger partial charge in [-0.05, 0) is 48.4 Å². The molecule has 3 rings (SSSR count). The predicted molar refractivity (Wildman–Crippen MR) is 120 cm³/mol. The van der Waals surface area contributed by atoms with Crippen LogP contribution in [-0.2, 0) is 13.0 Å². The number of rotatable bonds is 10. The number of aromatic nitrogens is 1. The number of hydrogen-bond donors (Lipinski definition) is 0. The Kier molecular flexibility index (Phi) is 7.67.